The predicted octanol–water partition coefficient (Wildman–Crippen LogP) is 4.68. The zero-order valence-corrected chi connectivity index (χ0v) is 18.7. The molecule has 0 aliphatic heterocycles. The van der Waals surface area contributed by atoms with Crippen LogP contribution in [0.4, 0.5) is 0 Å². The van der Waals surface area contributed by atoms with Gasteiger partial charge in [-0.05, 0) is 36.8 Å². The van der Waals surface area contributed by atoms with Gasteiger partial charge in [-0.1, -0.05) is 41.0 Å². The minimum absolute atomic E-state index is 0.0141. The van der Waals surface area contributed by atoms with Crippen LogP contribution in [0.2, 0.25) is 9.36 Å². The molecule has 29 heavy (non-hydrogen) atoms. The van der Waals surface area contributed by atoms with E-state index >= 15 is 0 Å². The van der Waals surface area contributed by atoms with Gasteiger partial charge in [0.1, 0.15) is 5.82 Å². The van der Waals surface area contributed by atoms with E-state index < -0.39 is 0 Å². The molecule has 0 unspecified atom stereocenters. The first kappa shape index (κ1) is 21.8. The topological polar surface area (TPSA) is 76.9 Å². The van der Waals surface area contributed by atoms with E-state index in [9.17, 15) is 9.59 Å². The average Bonchev–Trinajstić information content (AvgIpc) is 3.29. The number of thioether (sulfide) groups is 1. The average molecular weight is 469 g/mol. The van der Waals surface area contributed by atoms with Gasteiger partial charge in [-0.15, -0.1) is 21.5 Å². The number of hydrogen-bond acceptors (Lipinski definition) is 6. The zero-order valence-electron chi connectivity index (χ0n) is 15.5. The van der Waals surface area contributed by atoms with Crippen LogP contribution in [0.25, 0.3) is 5.69 Å². The molecule has 2 heterocycles. The summed E-state index contributed by atoms with van der Waals surface area (Å²) in [5, 5.41) is 12.6. The molecule has 0 radical (unpaired) electrons. The Bertz CT molecular complexity index is 1020. The van der Waals surface area contributed by atoms with Crippen LogP contribution in [0.3, 0.4) is 0 Å². The number of ketones is 1. The Balaban J connectivity index is 1.78. The fourth-order valence-electron chi connectivity index (χ4n) is 2.61. The number of amides is 1. The van der Waals surface area contributed by atoms with Crippen LogP contribution in [0.1, 0.15) is 28.8 Å². The maximum absolute atomic E-state index is 12.4. The van der Waals surface area contributed by atoms with E-state index in [0.717, 1.165) is 17.9 Å². The van der Waals surface area contributed by atoms with Crippen LogP contribution in [-0.2, 0) is 11.2 Å². The van der Waals surface area contributed by atoms with E-state index in [1.165, 1.54) is 30.0 Å². The van der Waals surface area contributed by atoms with Gasteiger partial charge in [0.2, 0.25) is 5.91 Å². The van der Waals surface area contributed by atoms with Gasteiger partial charge in [-0.2, -0.15) is 0 Å². The third-order valence-corrected chi connectivity index (χ3v) is 6.33. The van der Waals surface area contributed by atoms with Crippen molar-refractivity contribution in [2.75, 3.05) is 12.3 Å². The second-order valence-corrected chi connectivity index (χ2v) is 9.21. The van der Waals surface area contributed by atoms with Gasteiger partial charge in [0.15, 0.2) is 10.9 Å². The molecule has 10 heteroatoms. The summed E-state index contributed by atoms with van der Waals surface area (Å²) in [5.74, 6) is 0.887. The van der Waals surface area contributed by atoms with Gasteiger partial charge in [0, 0.05) is 24.9 Å². The second kappa shape index (κ2) is 10.2. The summed E-state index contributed by atoms with van der Waals surface area (Å²) >= 11 is 14.7. The summed E-state index contributed by atoms with van der Waals surface area (Å²) in [7, 11) is 0. The zero-order chi connectivity index (χ0) is 20.8. The normalized spacial score (nSPS) is 10.9. The predicted molar refractivity (Wildman–Crippen MR) is 118 cm³/mol. The van der Waals surface area contributed by atoms with Crippen LogP contribution in [0.15, 0.2) is 41.6 Å². The Morgan fingerprint density at radius 3 is 2.72 bits per heavy atom. The van der Waals surface area contributed by atoms with Crippen molar-refractivity contribution in [3.8, 4) is 5.69 Å². The molecule has 0 aliphatic carbocycles. The molecule has 0 fully saturated rings. The molecule has 3 aromatic rings. The van der Waals surface area contributed by atoms with Crippen LogP contribution >= 0.6 is 46.3 Å². The number of carbonyl (C=O) groups excluding carboxylic acids is 2. The standard InChI is InChI=1S/C19H18Cl2N4O2S2/c1-12(26)22-9-3-6-18-23-24-19(25(18)14-5-2-4-13(20)10-14)28-11-15(27)16-7-8-17(21)29-16/h2,4-5,7-8,10H,3,6,9,11H2,1H3,(H,22,26). The Hall–Kier alpha value is -1.87. The number of aryl methyl sites for hydroxylation is 1. The summed E-state index contributed by atoms with van der Waals surface area (Å²) in [5.41, 5.74) is 0.825. The number of hydrogen-bond donors (Lipinski definition) is 1. The Morgan fingerprint density at radius 2 is 2.03 bits per heavy atom. The monoisotopic (exact) mass is 468 g/mol. The van der Waals surface area contributed by atoms with E-state index in [1.54, 1.807) is 18.2 Å². The Labute approximate surface area is 186 Å². The second-order valence-electron chi connectivity index (χ2n) is 6.12. The summed E-state index contributed by atoms with van der Waals surface area (Å²) < 4.78 is 2.49. The fourth-order valence-corrected chi connectivity index (χ4v) is 4.72. The lowest BCUT2D eigenvalue weighted by Gasteiger charge is -2.10. The summed E-state index contributed by atoms with van der Waals surface area (Å²) in [6.45, 7) is 2.04. The molecule has 0 bridgehead atoms. The van der Waals surface area contributed by atoms with E-state index in [1.807, 2.05) is 22.8 Å². The van der Waals surface area contributed by atoms with Gasteiger partial charge in [-0.25, -0.2) is 0 Å². The molecular formula is C19H18Cl2N4O2S2. The molecule has 6 nitrogen and oxygen atoms in total. The lowest BCUT2D eigenvalue weighted by Crippen LogP contribution is -2.21. The minimum Gasteiger partial charge on any atom is -0.356 e. The van der Waals surface area contributed by atoms with Gasteiger partial charge >= 0.3 is 0 Å². The lowest BCUT2D eigenvalue weighted by molar-refractivity contribution is -0.118. The molecule has 2 aromatic heterocycles. The molecule has 0 saturated carbocycles. The number of thiophene rings is 1. The number of nitrogens with one attached hydrogen (secondary N) is 1. The minimum atomic E-state index is -0.0651. The van der Waals surface area contributed by atoms with Gasteiger partial charge in [0.25, 0.3) is 0 Å². The third kappa shape index (κ3) is 6.05. The first-order valence-corrected chi connectivity index (χ1v) is 11.4. The fraction of sp³-hybridized carbons (Fsp3) is 0.263. The number of nitrogens with zero attached hydrogens (tertiary/aromatic N) is 3. The van der Waals surface area contributed by atoms with E-state index in [-0.39, 0.29) is 17.4 Å². The smallest absolute Gasteiger partial charge is 0.216 e. The molecule has 3 rings (SSSR count). The highest BCUT2D eigenvalue weighted by atomic mass is 35.5. The highest BCUT2D eigenvalue weighted by Gasteiger charge is 2.17. The van der Waals surface area contributed by atoms with E-state index in [4.69, 9.17) is 23.2 Å². The first-order chi connectivity index (χ1) is 13.9. The number of Topliss-reactive ketones (excluding diaryl/α,β-unsaturated/α-hetero) is 1. The molecule has 0 aliphatic rings. The maximum Gasteiger partial charge on any atom is 0.216 e. The number of carbonyl (C=O) groups is 2. The molecule has 1 N–H and O–H groups in total. The van der Waals surface area contributed by atoms with Crippen molar-refractivity contribution in [1.29, 1.82) is 0 Å². The summed E-state index contributed by atoms with van der Waals surface area (Å²) in [4.78, 5) is 24.1. The van der Waals surface area contributed by atoms with Crippen molar-refractivity contribution in [3.63, 3.8) is 0 Å². The summed E-state index contributed by atoms with van der Waals surface area (Å²) in [6.07, 6.45) is 1.34. The first-order valence-electron chi connectivity index (χ1n) is 8.80. The lowest BCUT2D eigenvalue weighted by atomic mass is 10.2. The van der Waals surface area contributed by atoms with Crippen molar-refractivity contribution in [2.24, 2.45) is 0 Å². The van der Waals surface area contributed by atoms with Crippen LogP contribution in [0, 0.1) is 0 Å². The van der Waals surface area contributed by atoms with Gasteiger partial charge in [-0.3, -0.25) is 14.2 Å². The molecule has 1 amide bonds. The van der Waals surface area contributed by atoms with Crippen molar-refractivity contribution in [2.45, 2.75) is 24.9 Å². The molecule has 0 saturated heterocycles. The molecular weight excluding hydrogens is 451 g/mol. The number of rotatable bonds is 9. The SMILES string of the molecule is CC(=O)NCCCc1nnc(SCC(=O)c2ccc(Cl)s2)n1-c1cccc(Cl)c1. The van der Waals surface area contributed by atoms with Crippen molar-refractivity contribution in [1.82, 2.24) is 20.1 Å². The number of aromatic nitrogens is 3. The highest BCUT2D eigenvalue weighted by molar-refractivity contribution is 7.99. The Kier molecular flexibility index (Phi) is 7.71. The molecule has 152 valence electrons. The van der Waals surface area contributed by atoms with Crippen molar-refractivity contribution >= 4 is 58.0 Å². The molecule has 1 aromatic carbocycles. The van der Waals surface area contributed by atoms with Crippen molar-refractivity contribution in [3.05, 3.63) is 56.5 Å². The highest BCUT2D eigenvalue weighted by Crippen LogP contribution is 2.27. The van der Waals surface area contributed by atoms with Crippen LogP contribution in [0.5, 0.6) is 0 Å². The van der Waals surface area contributed by atoms with Gasteiger partial charge < -0.3 is 5.32 Å². The third-order valence-electron chi connectivity index (χ3n) is 3.90. The quantitative estimate of drug-likeness (QED) is 0.280. The van der Waals surface area contributed by atoms with Crippen molar-refractivity contribution < 1.29 is 9.59 Å². The summed E-state index contributed by atoms with van der Waals surface area (Å²) in [6, 6.07) is 10.8. The molecule has 0 spiro atoms. The van der Waals surface area contributed by atoms with Crippen LogP contribution in [-0.4, -0.2) is 38.8 Å². The Morgan fingerprint density at radius 1 is 1.21 bits per heavy atom. The molecule has 0 atom stereocenters. The number of benzene rings is 1. The van der Waals surface area contributed by atoms with Crippen LogP contribution < -0.4 is 5.32 Å². The number of halogens is 2. The van der Waals surface area contributed by atoms with E-state index in [2.05, 4.69) is 15.5 Å². The largest absolute Gasteiger partial charge is 0.356 e. The maximum atomic E-state index is 12.4. The van der Waals surface area contributed by atoms with E-state index in [0.29, 0.717) is 32.4 Å². The van der Waals surface area contributed by atoms with Gasteiger partial charge in [0.05, 0.1) is 20.7 Å².